The SMILES string of the molecule is O=c1ccc2cc(-c3ccc[nH]3)ccc2[nH]1. The van der Waals surface area contributed by atoms with Crippen LogP contribution >= 0.6 is 0 Å². The number of H-pyrrole nitrogens is 2. The molecule has 0 spiro atoms. The number of aromatic amines is 2. The first-order valence-electron chi connectivity index (χ1n) is 5.10. The van der Waals surface area contributed by atoms with E-state index in [1.54, 1.807) is 6.07 Å². The molecule has 1 aromatic carbocycles. The topological polar surface area (TPSA) is 48.6 Å². The van der Waals surface area contributed by atoms with Gasteiger partial charge in [0.15, 0.2) is 0 Å². The van der Waals surface area contributed by atoms with E-state index in [1.165, 1.54) is 0 Å². The lowest BCUT2D eigenvalue weighted by Crippen LogP contribution is -2.01. The van der Waals surface area contributed by atoms with Crippen molar-refractivity contribution in [1.29, 1.82) is 0 Å². The van der Waals surface area contributed by atoms with Crippen LogP contribution in [0.5, 0.6) is 0 Å². The van der Waals surface area contributed by atoms with E-state index in [4.69, 9.17) is 0 Å². The first kappa shape index (κ1) is 8.97. The monoisotopic (exact) mass is 210 g/mol. The fourth-order valence-electron chi connectivity index (χ4n) is 1.83. The van der Waals surface area contributed by atoms with Crippen LogP contribution in [0, 0.1) is 0 Å². The van der Waals surface area contributed by atoms with Crippen LogP contribution in [0.25, 0.3) is 22.2 Å². The van der Waals surface area contributed by atoms with Gasteiger partial charge in [-0.05, 0) is 41.3 Å². The first-order chi connectivity index (χ1) is 7.83. The standard InChI is InChI=1S/C13H10N2O/c16-13-6-4-10-8-9(3-5-12(10)15-13)11-2-1-7-14-11/h1-8,14H,(H,15,16). The minimum absolute atomic E-state index is 0.0693. The van der Waals surface area contributed by atoms with E-state index in [1.807, 2.05) is 36.5 Å². The number of hydrogen-bond acceptors (Lipinski definition) is 1. The van der Waals surface area contributed by atoms with E-state index in [0.717, 1.165) is 22.2 Å². The van der Waals surface area contributed by atoms with Gasteiger partial charge in [-0.15, -0.1) is 0 Å². The van der Waals surface area contributed by atoms with E-state index in [2.05, 4.69) is 16.0 Å². The van der Waals surface area contributed by atoms with E-state index < -0.39 is 0 Å². The summed E-state index contributed by atoms with van der Waals surface area (Å²) in [5, 5.41) is 1.03. The maximum Gasteiger partial charge on any atom is 0.248 e. The second kappa shape index (κ2) is 3.38. The second-order valence-electron chi connectivity index (χ2n) is 3.71. The van der Waals surface area contributed by atoms with Crippen molar-refractivity contribution in [1.82, 2.24) is 9.97 Å². The maximum absolute atomic E-state index is 11.1. The molecule has 78 valence electrons. The molecule has 3 nitrogen and oxygen atoms in total. The first-order valence-corrected chi connectivity index (χ1v) is 5.10. The van der Waals surface area contributed by atoms with Gasteiger partial charge in [-0.1, -0.05) is 6.07 Å². The average molecular weight is 210 g/mol. The van der Waals surface area contributed by atoms with Crippen LogP contribution < -0.4 is 5.56 Å². The zero-order valence-corrected chi connectivity index (χ0v) is 8.53. The molecule has 2 aromatic heterocycles. The van der Waals surface area contributed by atoms with Gasteiger partial charge in [0.1, 0.15) is 0 Å². The lowest BCUT2D eigenvalue weighted by molar-refractivity contribution is 1.31. The Hall–Kier alpha value is -2.29. The molecule has 0 aliphatic heterocycles. The van der Waals surface area contributed by atoms with E-state index in [0.29, 0.717) is 0 Å². The smallest absolute Gasteiger partial charge is 0.248 e. The van der Waals surface area contributed by atoms with Crippen LogP contribution in [0.4, 0.5) is 0 Å². The van der Waals surface area contributed by atoms with Crippen molar-refractivity contribution in [2.24, 2.45) is 0 Å². The van der Waals surface area contributed by atoms with Gasteiger partial charge in [0, 0.05) is 23.5 Å². The molecular weight excluding hydrogens is 200 g/mol. The fraction of sp³-hybridized carbons (Fsp3) is 0. The molecule has 3 heteroatoms. The van der Waals surface area contributed by atoms with Crippen molar-refractivity contribution < 1.29 is 0 Å². The summed E-state index contributed by atoms with van der Waals surface area (Å²) in [6, 6.07) is 13.3. The zero-order valence-electron chi connectivity index (χ0n) is 8.53. The fourth-order valence-corrected chi connectivity index (χ4v) is 1.83. The second-order valence-corrected chi connectivity index (χ2v) is 3.71. The third-order valence-electron chi connectivity index (χ3n) is 2.63. The molecule has 0 aliphatic rings. The van der Waals surface area contributed by atoms with Gasteiger partial charge in [0.2, 0.25) is 5.56 Å². The normalized spacial score (nSPS) is 10.8. The highest BCUT2D eigenvalue weighted by atomic mass is 16.1. The van der Waals surface area contributed by atoms with E-state index in [9.17, 15) is 4.79 Å². The third-order valence-corrected chi connectivity index (χ3v) is 2.63. The van der Waals surface area contributed by atoms with E-state index in [-0.39, 0.29) is 5.56 Å². The largest absolute Gasteiger partial charge is 0.361 e. The Labute approximate surface area is 91.8 Å². The van der Waals surface area contributed by atoms with Crippen LogP contribution in [0.15, 0.2) is 53.5 Å². The summed E-state index contributed by atoms with van der Waals surface area (Å²) in [6.07, 6.45) is 1.90. The highest BCUT2D eigenvalue weighted by molar-refractivity contribution is 5.83. The molecule has 2 heterocycles. The van der Waals surface area contributed by atoms with Crippen LogP contribution in [0.1, 0.15) is 0 Å². The van der Waals surface area contributed by atoms with Gasteiger partial charge in [-0.2, -0.15) is 0 Å². The van der Waals surface area contributed by atoms with Crippen LogP contribution in [0.2, 0.25) is 0 Å². The van der Waals surface area contributed by atoms with Crippen molar-refractivity contribution in [3.05, 3.63) is 59.0 Å². The Bertz CT molecular complexity index is 680. The summed E-state index contributed by atoms with van der Waals surface area (Å²) in [4.78, 5) is 17.1. The molecule has 0 amide bonds. The Morgan fingerprint density at radius 1 is 1.00 bits per heavy atom. The van der Waals surface area contributed by atoms with Crippen molar-refractivity contribution >= 4 is 10.9 Å². The van der Waals surface area contributed by atoms with Crippen LogP contribution in [0.3, 0.4) is 0 Å². The summed E-state index contributed by atoms with van der Waals surface area (Å²) in [5.41, 5.74) is 2.99. The number of benzene rings is 1. The average Bonchev–Trinajstić information content (AvgIpc) is 2.82. The van der Waals surface area contributed by atoms with Gasteiger partial charge >= 0.3 is 0 Å². The van der Waals surface area contributed by atoms with Gasteiger partial charge < -0.3 is 9.97 Å². The predicted molar refractivity (Wildman–Crippen MR) is 64.4 cm³/mol. The molecule has 3 rings (SSSR count). The summed E-state index contributed by atoms with van der Waals surface area (Å²) in [5.74, 6) is 0. The van der Waals surface area contributed by atoms with Gasteiger partial charge in [-0.3, -0.25) is 4.79 Å². The number of aromatic nitrogens is 2. The quantitative estimate of drug-likeness (QED) is 0.637. The maximum atomic E-state index is 11.1. The molecule has 3 aromatic rings. The van der Waals surface area contributed by atoms with Gasteiger partial charge in [-0.25, -0.2) is 0 Å². The molecule has 0 bridgehead atoms. The highest BCUT2D eigenvalue weighted by Gasteiger charge is 2.00. The summed E-state index contributed by atoms with van der Waals surface area (Å²) in [6.45, 7) is 0. The predicted octanol–water partition coefficient (Wildman–Crippen LogP) is 2.52. The molecule has 0 unspecified atom stereocenters. The molecule has 0 saturated heterocycles. The lowest BCUT2D eigenvalue weighted by atomic mass is 10.1. The van der Waals surface area contributed by atoms with Crippen molar-refractivity contribution in [3.63, 3.8) is 0 Å². The Morgan fingerprint density at radius 3 is 2.75 bits per heavy atom. The number of hydrogen-bond donors (Lipinski definition) is 2. The molecule has 0 atom stereocenters. The molecular formula is C13H10N2O. The number of pyridine rings is 1. The summed E-state index contributed by atoms with van der Waals surface area (Å²) < 4.78 is 0. The minimum Gasteiger partial charge on any atom is -0.361 e. The lowest BCUT2D eigenvalue weighted by Gasteiger charge is -2.01. The molecule has 0 saturated carbocycles. The van der Waals surface area contributed by atoms with Gasteiger partial charge in [0.25, 0.3) is 0 Å². The number of nitrogens with one attached hydrogen (secondary N) is 2. The Morgan fingerprint density at radius 2 is 1.94 bits per heavy atom. The third kappa shape index (κ3) is 1.42. The molecule has 0 aliphatic carbocycles. The van der Waals surface area contributed by atoms with Crippen LogP contribution in [-0.2, 0) is 0 Å². The summed E-state index contributed by atoms with van der Waals surface area (Å²) >= 11 is 0. The minimum atomic E-state index is -0.0693. The Balaban J connectivity index is 2.24. The highest BCUT2D eigenvalue weighted by Crippen LogP contribution is 2.21. The van der Waals surface area contributed by atoms with Crippen LogP contribution in [-0.4, -0.2) is 9.97 Å². The molecule has 0 fully saturated rings. The number of fused-ring (bicyclic) bond motifs is 1. The Kier molecular flexibility index (Phi) is 1.90. The molecule has 16 heavy (non-hydrogen) atoms. The summed E-state index contributed by atoms with van der Waals surface area (Å²) in [7, 11) is 0. The van der Waals surface area contributed by atoms with Gasteiger partial charge in [0.05, 0.1) is 0 Å². The van der Waals surface area contributed by atoms with Crippen molar-refractivity contribution in [3.8, 4) is 11.3 Å². The van der Waals surface area contributed by atoms with Crippen molar-refractivity contribution in [2.75, 3.05) is 0 Å². The van der Waals surface area contributed by atoms with Crippen molar-refractivity contribution in [2.45, 2.75) is 0 Å². The van der Waals surface area contributed by atoms with E-state index >= 15 is 0 Å². The molecule has 2 N–H and O–H groups in total. The zero-order chi connectivity index (χ0) is 11.0. The molecule has 0 radical (unpaired) electrons. The number of rotatable bonds is 1.